The molecule has 155 valence electrons. The number of carbonyl (C=O) groups is 1. The number of morpholine rings is 1. The molecular formula is C27H25N2O2. The summed E-state index contributed by atoms with van der Waals surface area (Å²) >= 11 is 0. The minimum Gasteiger partial charge on any atom is -0.378 e. The summed E-state index contributed by atoms with van der Waals surface area (Å²) in [7, 11) is 0. The number of para-hydroxylation sites is 1. The zero-order chi connectivity index (χ0) is 21.0. The molecule has 3 aromatic carbocycles. The molecule has 2 unspecified atom stereocenters. The van der Waals surface area contributed by atoms with Crippen LogP contribution in [0.1, 0.15) is 22.6 Å². The lowest BCUT2D eigenvalue weighted by atomic mass is 9.74. The van der Waals surface area contributed by atoms with E-state index in [-0.39, 0.29) is 17.7 Å². The first-order chi connectivity index (χ1) is 15.3. The molecule has 1 fully saturated rings. The SMILES string of the molecule is O=C(C1C(c2ccccc2)=Nc2ccccc2C1[CH]c1ccccc1)N1CCOCC1. The van der Waals surface area contributed by atoms with E-state index in [2.05, 4.69) is 24.6 Å². The molecule has 2 heterocycles. The second-order valence-corrected chi connectivity index (χ2v) is 7.94. The Kier molecular flexibility index (Phi) is 5.63. The van der Waals surface area contributed by atoms with Gasteiger partial charge in [0.25, 0.3) is 0 Å². The van der Waals surface area contributed by atoms with Gasteiger partial charge in [-0.1, -0.05) is 78.9 Å². The van der Waals surface area contributed by atoms with Crippen LogP contribution in [0.5, 0.6) is 0 Å². The van der Waals surface area contributed by atoms with Gasteiger partial charge in [-0.2, -0.15) is 0 Å². The van der Waals surface area contributed by atoms with Crippen LogP contribution in [-0.4, -0.2) is 42.8 Å². The highest BCUT2D eigenvalue weighted by atomic mass is 16.5. The van der Waals surface area contributed by atoms with Crippen molar-refractivity contribution in [3.8, 4) is 0 Å². The molecule has 0 spiro atoms. The van der Waals surface area contributed by atoms with Crippen molar-refractivity contribution in [3.63, 3.8) is 0 Å². The summed E-state index contributed by atoms with van der Waals surface area (Å²) in [6, 6.07) is 28.5. The van der Waals surface area contributed by atoms with Gasteiger partial charge in [-0.15, -0.1) is 0 Å². The van der Waals surface area contributed by atoms with Crippen molar-refractivity contribution in [3.05, 3.63) is 108 Å². The molecule has 1 radical (unpaired) electrons. The first-order valence-electron chi connectivity index (χ1n) is 10.8. The third kappa shape index (κ3) is 4.04. The van der Waals surface area contributed by atoms with E-state index in [1.165, 1.54) is 0 Å². The van der Waals surface area contributed by atoms with Crippen molar-refractivity contribution < 1.29 is 9.53 Å². The lowest BCUT2D eigenvalue weighted by Gasteiger charge is -2.37. The number of hydrogen-bond donors (Lipinski definition) is 0. The predicted octanol–water partition coefficient (Wildman–Crippen LogP) is 4.63. The molecule has 0 aliphatic carbocycles. The van der Waals surface area contributed by atoms with Gasteiger partial charge >= 0.3 is 0 Å². The maximum Gasteiger partial charge on any atom is 0.232 e. The zero-order valence-electron chi connectivity index (χ0n) is 17.4. The molecule has 31 heavy (non-hydrogen) atoms. The third-order valence-electron chi connectivity index (χ3n) is 6.02. The molecule has 2 atom stereocenters. The second-order valence-electron chi connectivity index (χ2n) is 7.94. The summed E-state index contributed by atoms with van der Waals surface area (Å²) in [5, 5.41) is 0. The van der Waals surface area contributed by atoms with E-state index < -0.39 is 0 Å². The highest BCUT2D eigenvalue weighted by Gasteiger charge is 2.41. The van der Waals surface area contributed by atoms with E-state index in [0.29, 0.717) is 26.3 Å². The number of ether oxygens (including phenoxy) is 1. The van der Waals surface area contributed by atoms with Crippen LogP contribution in [0, 0.1) is 12.3 Å². The third-order valence-corrected chi connectivity index (χ3v) is 6.02. The van der Waals surface area contributed by atoms with Crippen LogP contribution in [0.15, 0.2) is 89.9 Å². The molecule has 3 aromatic rings. The molecule has 0 saturated carbocycles. The quantitative estimate of drug-likeness (QED) is 0.630. The van der Waals surface area contributed by atoms with Crippen molar-refractivity contribution in [2.24, 2.45) is 10.9 Å². The fourth-order valence-electron chi connectivity index (χ4n) is 4.48. The molecule has 0 bridgehead atoms. The Morgan fingerprint density at radius 2 is 1.52 bits per heavy atom. The standard InChI is InChI=1S/C27H25N2O2/c30-27(29-15-17-31-18-16-29)25-23(19-20-9-3-1-4-10-20)22-13-7-8-14-24(22)28-26(25)21-11-5-2-6-12-21/h1-14,19,23,25H,15-18H2. The van der Waals surface area contributed by atoms with Crippen molar-refractivity contribution in [1.29, 1.82) is 0 Å². The van der Waals surface area contributed by atoms with Crippen LogP contribution in [0.4, 0.5) is 5.69 Å². The Labute approximate surface area is 183 Å². The molecular weight excluding hydrogens is 384 g/mol. The van der Waals surface area contributed by atoms with Gasteiger partial charge in [0.15, 0.2) is 0 Å². The fraction of sp³-hybridized carbons (Fsp3) is 0.222. The van der Waals surface area contributed by atoms with E-state index in [9.17, 15) is 4.79 Å². The number of carbonyl (C=O) groups excluding carboxylic acids is 1. The molecule has 2 aliphatic rings. The van der Waals surface area contributed by atoms with E-state index in [1.807, 2.05) is 71.6 Å². The van der Waals surface area contributed by atoms with Gasteiger partial charge in [-0.3, -0.25) is 9.79 Å². The molecule has 4 nitrogen and oxygen atoms in total. The van der Waals surface area contributed by atoms with Gasteiger partial charge in [0.05, 0.1) is 30.5 Å². The number of benzene rings is 3. The maximum atomic E-state index is 13.9. The Morgan fingerprint density at radius 3 is 2.26 bits per heavy atom. The number of aliphatic imine (C=N–C) groups is 1. The highest BCUT2D eigenvalue weighted by Crippen LogP contribution is 2.43. The number of rotatable bonds is 4. The van der Waals surface area contributed by atoms with E-state index >= 15 is 0 Å². The summed E-state index contributed by atoms with van der Waals surface area (Å²) < 4.78 is 5.50. The summed E-state index contributed by atoms with van der Waals surface area (Å²) in [6.45, 7) is 2.41. The molecule has 0 N–H and O–H groups in total. The molecule has 4 heteroatoms. The first kappa shape index (κ1) is 19.7. The van der Waals surface area contributed by atoms with Crippen molar-refractivity contribution in [2.45, 2.75) is 5.92 Å². The van der Waals surface area contributed by atoms with Crippen LogP contribution in [0.3, 0.4) is 0 Å². The second kappa shape index (κ2) is 8.86. The predicted molar refractivity (Wildman–Crippen MR) is 123 cm³/mol. The highest BCUT2D eigenvalue weighted by molar-refractivity contribution is 6.16. The summed E-state index contributed by atoms with van der Waals surface area (Å²) in [4.78, 5) is 20.9. The lowest BCUT2D eigenvalue weighted by molar-refractivity contribution is -0.137. The Balaban J connectivity index is 1.63. The largest absolute Gasteiger partial charge is 0.378 e. The van der Waals surface area contributed by atoms with Crippen LogP contribution >= 0.6 is 0 Å². The van der Waals surface area contributed by atoms with Gasteiger partial charge in [-0.25, -0.2) is 0 Å². The monoisotopic (exact) mass is 409 g/mol. The van der Waals surface area contributed by atoms with Crippen LogP contribution in [-0.2, 0) is 9.53 Å². The maximum absolute atomic E-state index is 13.9. The Morgan fingerprint density at radius 1 is 0.871 bits per heavy atom. The smallest absolute Gasteiger partial charge is 0.232 e. The molecule has 1 amide bonds. The molecule has 1 saturated heterocycles. The minimum atomic E-state index is -0.379. The van der Waals surface area contributed by atoms with Crippen molar-refractivity contribution in [1.82, 2.24) is 4.90 Å². The Hall–Kier alpha value is -3.24. The number of hydrogen-bond acceptors (Lipinski definition) is 3. The number of fused-ring (bicyclic) bond motifs is 1. The normalized spacial score (nSPS) is 20.6. The molecule has 2 aliphatic heterocycles. The van der Waals surface area contributed by atoms with Crippen molar-refractivity contribution >= 4 is 17.3 Å². The number of amides is 1. The van der Waals surface area contributed by atoms with Gasteiger partial charge < -0.3 is 9.64 Å². The van der Waals surface area contributed by atoms with Crippen LogP contribution in [0.2, 0.25) is 0 Å². The zero-order valence-corrected chi connectivity index (χ0v) is 17.4. The van der Waals surface area contributed by atoms with Gasteiger partial charge in [0, 0.05) is 19.0 Å². The lowest BCUT2D eigenvalue weighted by Crippen LogP contribution is -2.48. The topological polar surface area (TPSA) is 41.9 Å². The molecule has 0 aromatic heterocycles. The Bertz CT molecular complexity index is 1070. The van der Waals surface area contributed by atoms with Crippen molar-refractivity contribution in [2.75, 3.05) is 26.3 Å². The minimum absolute atomic E-state index is 0.0957. The van der Waals surface area contributed by atoms with Crippen LogP contribution in [0.25, 0.3) is 0 Å². The van der Waals surface area contributed by atoms with Gasteiger partial charge in [-0.05, 0) is 29.2 Å². The summed E-state index contributed by atoms with van der Waals surface area (Å²) in [5.74, 6) is -0.352. The fourth-order valence-corrected chi connectivity index (χ4v) is 4.48. The van der Waals surface area contributed by atoms with Crippen LogP contribution < -0.4 is 0 Å². The average Bonchev–Trinajstić information content (AvgIpc) is 2.85. The average molecular weight is 410 g/mol. The first-order valence-corrected chi connectivity index (χ1v) is 10.8. The number of nitrogens with zero attached hydrogens (tertiary/aromatic N) is 2. The van der Waals surface area contributed by atoms with Gasteiger partial charge in [0.1, 0.15) is 0 Å². The molecule has 5 rings (SSSR count). The summed E-state index contributed by atoms with van der Waals surface area (Å²) in [6.07, 6.45) is 2.22. The van der Waals surface area contributed by atoms with Gasteiger partial charge in [0.2, 0.25) is 5.91 Å². The van der Waals surface area contributed by atoms with E-state index in [0.717, 1.165) is 28.1 Å². The van der Waals surface area contributed by atoms with E-state index in [4.69, 9.17) is 9.73 Å². The van der Waals surface area contributed by atoms with E-state index in [1.54, 1.807) is 0 Å². The summed E-state index contributed by atoms with van der Waals surface area (Å²) in [5.41, 5.74) is 4.97.